The monoisotopic (exact) mass is 684 g/mol. The summed E-state index contributed by atoms with van der Waals surface area (Å²) in [6.07, 6.45) is 22.1. The minimum absolute atomic E-state index is 0.224. The summed E-state index contributed by atoms with van der Waals surface area (Å²) in [6.45, 7) is 3.32. The molecule has 2 unspecified atom stereocenters. The minimum Gasteiger partial charge on any atom is -0.462 e. The Kier molecular flexibility index (Phi) is 27.7. The van der Waals surface area contributed by atoms with E-state index in [1.807, 2.05) is 0 Å². The molecular formula is C38H68O10. The lowest BCUT2D eigenvalue weighted by Gasteiger charge is -2.39. The Balaban J connectivity index is 2.41. The number of hydrogen-bond donors (Lipinski definition) is 4. The number of unbranched alkanes of at least 4 members (excludes halogenated alkanes) is 15. The molecule has 10 nitrogen and oxygen atoms in total. The fraction of sp³-hybridized carbons (Fsp3) is 0.842. The molecular weight excluding hydrogens is 616 g/mol. The first-order valence-corrected chi connectivity index (χ1v) is 18.9. The van der Waals surface area contributed by atoms with Gasteiger partial charge in [-0.2, -0.15) is 0 Å². The van der Waals surface area contributed by atoms with E-state index in [1.54, 1.807) is 0 Å². The number of carbonyl (C=O) groups is 2. The van der Waals surface area contributed by atoms with Crippen LogP contribution in [0.15, 0.2) is 24.3 Å². The quantitative estimate of drug-likeness (QED) is 0.0370. The van der Waals surface area contributed by atoms with Crippen LogP contribution in [0.1, 0.15) is 149 Å². The van der Waals surface area contributed by atoms with Crippen LogP contribution >= 0.6 is 0 Å². The Labute approximate surface area is 290 Å². The molecule has 1 rings (SSSR count). The molecule has 6 atom stereocenters. The number of aliphatic hydroxyl groups excluding tert-OH is 4. The average Bonchev–Trinajstić information content (AvgIpc) is 3.08. The van der Waals surface area contributed by atoms with Gasteiger partial charge in [0.1, 0.15) is 31.0 Å². The molecule has 1 fully saturated rings. The Hall–Kier alpha value is -1.82. The fourth-order valence-corrected chi connectivity index (χ4v) is 5.51. The van der Waals surface area contributed by atoms with E-state index in [9.17, 15) is 30.0 Å². The van der Waals surface area contributed by atoms with Crippen molar-refractivity contribution in [1.29, 1.82) is 0 Å². The highest BCUT2D eigenvalue weighted by molar-refractivity contribution is 5.70. The van der Waals surface area contributed by atoms with Crippen molar-refractivity contribution >= 4 is 11.9 Å². The van der Waals surface area contributed by atoms with Crippen LogP contribution in [0.2, 0.25) is 0 Å². The SMILES string of the molecule is CCCCCCCC/C=C/C/C=C/CCCCC(=O)OC[C@@H](CO[C@H]1O[C@@H](CO)[C@@H](O)C(O)C1O)OC(=O)CCCCCCCCCC. The van der Waals surface area contributed by atoms with E-state index in [2.05, 4.69) is 38.2 Å². The first kappa shape index (κ1) is 44.2. The third kappa shape index (κ3) is 22.0. The second kappa shape index (κ2) is 30.0. The predicted octanol–water partition coefficient (Wildman–Crippen LogP) is 6.60. The van der Waals surface area contributed by atoms with Crippen molar-refractivity contribution in [1.82, 2.24) is 0 Å². The van der Waals surface area contributed by atoms with Gasteiger partial charge in [-0.25, -0.2) is 0 Å². The summed E-state index contributed by atoms with van der Waals surface area (Å²) in [5, 5.41) is 39.8. The van der Waals surface area contributed by atoms with Crippen molar-refractivity contribution in [3.63, 3.8) is 0 Å². The van der Waals surface area contributed by atoms with Gasteiger partial charge in [-0.1, -0.05) is 115 Å². The zero-order chi connectivity index (χ0) is 35.2. The van der Waals surface area contributed by atoms with Crippen LogP contribution in [0.25, 0.3) is 0 Å². The van der Waals surface area contributed by atoms with E-state index in [0.29, 0.717) is 12.8 Å². The van der Waals surface area contributed by atoms with E-state index in [0.717, 1.165) is 44.9 Å². The van der Waals surface area contributed by atoms with Gasteiger partial charge in [0, 0.05) is 12.8 Å². The Morgan fingerprint density at radius 2 is 1.17 bits per heavy atom. The number of esters is 2. The molecule has 0 aromatic rings. The predicted molar refractivity (Wildman–Crippen MR) is 187 cm³/mol. The van der Waals surface area contributed by atoms with Gasteiger partial charge in [0.05, 0.1) is 13.2 Å². The standard InChI is InChI=1S/C38H68O10/c1-3-5-7-9-11-13-14-15-16-17-18-19-21-22-24-26-33(40)45-29-31(47-34(41)27-25-23-20-12-10-8-6-4-2)30-46-38-37(44)36(43)35(42)32(28-39)48-38/h15-16,18-19,31-32,35-39,42-44H,3-14,17,20-30H2,1-2H3/b16-15+,19-18+/t31-,32-,35+,36?,37?,38-/m0/s1. The molecule has 280 valence electrons. The van der Waals surface area contributed by atoms with Gasteiger partial charge in [-0.15, -0.1) is 0 Å². The number of carbonyl (C=O) groups excluding carboxylic acids is 2. The van der Waals surface area contributed by atoms with Crippen LogP contribution in [0.4, 0.5) is 0 Å². The summed E-state index contributed by atoms with van der Waals surface area (Å²) in [4.78, 5) is 25.0. The van der Waals surface area contributed by atoms with Crippen molar-refractivity contribution in [3.05, 3.63) is 24.3 Å². The lowest BCUT2D eigenvalue weighted by Crippen LogP contribution is -2.59. The summed E-state index contributed by atoms with van der Waals surface area (Å²) >= 11 is 0. The van der Waals surface area contributed by atoms with Crippen LogP contribution in [0.3, 0.4) is 0 Å². The molecule has 1 saturated heterocycles. The van der Waals surface area contributed by atoms with E-state index in [1.165, 1.54) is 64.2 Å². The van der Waals surface area contributed by atoms with Gasteiger partial charge in [-0.3, -0.25) is 9.59 Å². The smallest absolute Gasteiger partial charge is 0.306 e. The molecule has 0 aliphatic carbocycles. The molecule has 10 heteroatoms. The van der Waals surface area contributed by atoms with Crippen molar-refractivity contribution in [2.75, 3.05) is 19.8 Å². The van der Waals surface area contributed by atoms with Crippen molar-refractivity contribution in [2.45, 2.75) is 185 Å². The molecule has 0 aromatic carbocycles. The maximum absolute atomic E-state index is 12.6. The Bertz CT molecular complexity index is 845. The zero-order valence-electron chi connectivity index (χ0n) is 30.0. The maximum atomic E-state index is 12.6. The van der Waals surface area contributed by atoms with Gasteiger partial charge < -0.3 is 39.4 Å². The summed E-state index contributed by atoms with van der Waals surface area (Å²) in [6, 6.07) is 0. The van der Waals surface area contributed by atoms with E-state index >= 15 is 0 Å². The van der Waals surface area contributed by atoms with Crippen LogP contribution in [-0.2, 0) is 28.5 Å². The Morgan fingerprint density at radius 1 is 0.646 bits per heavy atom. The van der Waals surface area contributed by atoms with Crippen LogP contribution in [0, 0.1) is 0 Å². The van der Waals surface area contributed by atoms with Gasteiger partial charge in [0.25, 0.3) is 0 Å². The molecule has 0 spiro atoms. The first-order valence-electron chi connectivity index (χ1n) is 18.9. The molecule has 1 aliphatic rings. The lowest BCUT2D eigenvalue weighted by molar-refractivity contribution is -0.305. The van der Waals surface area contributed by atoms with Crippen molar-refractivity contribution in [2.24, 2.45) is 0 Å². The second-order valence-corrected chi connectivity index (χ2v) is 13.0. The lowest BCUT2D eigenvalue weighted by atomic mass is 9.99. The molecule has 0 amide bonds. The largest absolute Gasteiger partial charge is 0.462 e. The molecule has 0 radical (unpaired) electrons. The second-order valence-electron chi connectivity index (χ2n) is 13.0. The minimum atomic E-state index is -1.59. The van der Waals surface area contributed by atoms with Gasteiger partial charge in [0.2, 0.25) is 0 Å². The van der Waals surface area contributed by atoms with Gasteiger partial charge >= 0.3 is 11.9 Å². The number of allylic oxidation sites excluding steroid dienone is 4. The highest BCUT2D eigenvalue weighted by Gasteiger charge is 2.44. The molecule has 0 bridgehead atoms. The van der Waals surface area contributed by atoms with E-state index in [4.69, 9.17) is 18.9 Å². The van der Waals surface area contributed by atoms with Crippen molar-refractivity contribution in [3.8, 4) is 0 Å². The first-order chi connectivity index (χ1) is 23.3. The number of rotatable bonds is 30. The normalized spacial score (nSPS) is 22.0. The van der Waals surface area contributed by atoms with E-state index in [-0.39, 0.29) is 26.1 Å². The van der Waals surface area contributed by atoms with Crippen LogP contribution in [-0.4, -0.2) is 89.0 Å². The van der Waals surface area contributed by atoms with E-state index < -0.39 is 55.4 Å². The summed E-state index contributed by atoms with van der Waals surface area (Å²) in [5.74, 6) is -0.850. The van der Waals surface area contributed by atoms with Crippen LogP contribution < -0.4 is 0 Å². The molecule has 1 aliphatic heterocycles. The van der Waals surface area contributed by atoms with Gasteiger partial charge in [0.15, 0.2) is 12.4 Å². The fourth-order valence-electron chi connectivity index (χ4n) is 5.51. The molecule has 48 heavy (non-hydrogen) atoms. The van der Waals surface area contributed by atoms with Crippen molar-refractivity contribution < 1.29 is 49.0 Å². The highest BCUT2D eigenvalue weighted by atomic mass is 16.7. The van der Waals surface area contributed by atoms with Crippen LogP contribution in [0.5, 0.6) is 0 Å². The summed E-state index contributed by atoms with van der Waals surface area (Å²) < 4.78 is 21.9. The Morgan fingerprint density at radius 3 is 1.77 bits per heavy atom. The molecule has 0 saturated carbocycles. The molecule has 0 aromatic heterocycles. The third-order valence-corrected chi connectivity index (χ3v) is 8.59. The zero-order valence-corrected chi connectivity index (χ0v) is 30.0. The number of ether oxygens (including phenoxy) is 4. The van der Waals surface area contributed by atoms with Gasteiger partial charge in [-0.05, 0) is 44.9 Å². The molecule has 4 N–H and O–H groups in total. The average molecular weight is 685 g/mol. The third-order valence-electron chi connectivity index (χ3n) is 8.59. The maximum Gasteiger partial charge on any atom is 0.306 e. The highest BCUT2D eigenvalue weighted by Crippen LogP contribution is 2.22. The molecule has 1 heterocycles. The number of aliphatic hydroxyl groups is 4. The summed E-state index contributed by atoms with van der Waals surface area (Å²) in [7, 11) is 0. The topological polar surface area (TPSA) is 152 Å². The summed E-state index contributed by atoms with van der Waals surface area (Å²) in [5.41, 5.74) is 0. The number of hydrogen-bond acceptors (Lipinski definition) is 10.